The summed E-state index contributed by atoms with van der Waals surface area (Å²) < 4.78 is 2.94. The average Bonchev–Trinajstić information content (AvgIpc) is 3.38. The minimum atomic E-state index is -0.309. The van der Waals surface area contributed by atoms with Gasteiger partial charge in [-0.2, -0.15) is 5.26 Å². The van der Waals surface area contributed by atoms with E-state index in [9.17, 15) is 20.0 Å². The molecule has 2 aromatic carbocycles. The molecule has 2 atom stereocenters. The van der Waals surface area contributed by atoms with E-state index < -0.39 is 0 Å². The molecule has 1 fully saturated rings. The summed E-state index contributed by atoms with van der Waals surface area (Å²) in [5.41, 5.74) is 1.24. The third-order valence-corrected chi connectivity index (χ3v) is 6.10. The first kappa shape index (κ1) is 17.6. The Hall–Kier alpha value is -3.53. The van der Waals surface area contributed by atoms with E-state index in [0.717, 1.165) is 10.8 Å². The number of likely N-dealkylation sites (tertiary alicyclic amines) is 1. The molecule has 2 aliphatic heterocycles. The number of imidazole rings is 1. The molecule has 0 saturated carbocycles. The highest BCUT2D eigenvalue weighted by molar-refractivity contribution is 5.94. The van der Waals surface area contributed by atoms with Crippen LogP contribution in [0.25, 0.3) is 16.5 Å². The molecule has 1 saturated heterocycles. The lowest BCUT2D eigenvalue weighted by Gasteiger charge is -2.29. The van der Waals surface area contributed by atoms with Crippen LogP contribution in [-0.2, 0) is 4.79 Å². The Morgan fingerprint density at radius 3 is 2.62 bits per heavy atom. The Kier molecular flexibility index (Phi) is 3.62. The number of aromatic hydroxyl groups is 1. The molecule has 3 aromatic rings. The van der Waals surface area contributed by atoms with E-state index in [1.165, 1.54) is 4.57 Å². The monoisotopic (exact) mass is 388 g/mol. The molecule has 0 radical (unpaired) electrons. The Morgan fingerprint density at radius 2 is 1.93 bits per heavy atom. The van der Waals surface area contributed by atoms with E-state index in [4.69, 9.17) is 0 Å². The first-order chi connectivity index (χ1) is 13.9. The number of hydrogen-bond acceptors (Lipinski definition) is 4. The highest BCUT2D eigenvalue weighted by Crippen LogP contribution is 2.49. The van der Waals surface area contributed by atoms with Gasteiger partial charge in [0.1, 0.15) is 5.69 Å². The fourth-order valence-corrected chi connectivity index (χ4v) is 4.81. The quantitative estimate of drug-likeness (QED) is 0.731. The first-order valence-corrected chi connectivity index (χ1v) is 9.72. The molecule has 1 N–H and O–H groups in total. The molecular weight excluding hydrogens is 368 g/mol. The van der Waals surface area contributed by atoms with Gasteiger partial charge in [0.05, 0.1) is 29.4 Å². The number of amides is 1. The average molecular weight is 388 g/mol. The smallest absolute Gasteiger partial charge is 0.336 e. The summed E-state index contributed by atoms with van der Waals surface area (Å²) in [6.45, 7) is 4.21. The van der Waals surface area contributed by atoms with Crippen molar-refractivity contribution in [2.45, 2.75) is 32.4 Å². The number of rotatable bonds is 2. The summed E-state index contributed by atoms with van der Waals surface area (Å²) in [5, 5.41) is 21.9. The number of benzene rings is 2. The van der Waals surface area contributed by atoms with Crippen LogP contribution in [0, 0.1) is 17.2 Å². The van der Waals surface area contributed by atoms with Crippen molar-refractivity contribution in [1.29, 1.82) is 5.26 Å². The van der Waals surface area contributed by atoms with Crippen molar-refractivity contribution in [3.63, 3.8) is 0 Å². The van der Waals surface area contributed by atoms with Crippen LogP contribution in [-0.4, -0.2) is 31.6 Å². The van der Waals surface area contributed by atoms with Gasteiger partial charge in [-0.25, -0.2) is 9.36 Å². The molecule has 3 heterocycles. The fraction of sp³-hybridized carbons (Fsp3) is 0.318. The predicted molar refractivity (Wildman–Crippen MR) is 107 cm³/mol. The second-order valence-electron chi connectivity index (χ2n) is 8.04. The predicted octanol–water partition coefficient (Wildman–Crippen LogP) is 2.85. The van der Waals surface area contributed by atoms with Crippen molar-refractivity contribution in [3.05, 3.63) is 58.1 Å². The Morgan fingerprint density at radius 1 is 1.21 bits per heavy atom. The van der Waals surface area contributed by atoms with Crippen LogP contribution < -0.4 is 5.69 Å². The zero-order valence-corrected chi connectivity index (χ0v) is 16.2. The Balaban J connectivity index is 1.72. The number of nitriles is 1. The molecule has 2 bridgehead atoms. The molecule has 29 heavy (non-hydrogen) atoms. The van der Waals surface area contributed by atoms with Crippen LogP contribution in [0.1, 0.15) is 43.6 Å². The van der Waals surface area contributed by atoms with Gasteiger partial charge in [0, 0.05) is 23.2 Å². The lowest BCUT2D eigenvalue weighted by molar-refractivity contribution is -0.136. The second-order valence-corrected chi connectivity index (χ2v) is 8.04. The molecule has 5 rings (SSSR count). The van der Waals surface area contributed by atoms with Gasteiger partial charge in [-0.3, -0.25) is 9.36 Å². The molecular formula is C22H20N4O3. The lowest BCUT2D eigenvalue weighted by Crippen LogP contribution is -2.39. The first-order valence-electron chi connectivity index (χ1n) is 9.72. The Labute approximate surface area is 167 Å². The van der Waals surface area contributed by atoms with Gasteiger partial charge in [0.2, 0.25) is 11.8 Å². The molecule has 1 aromatic heterocycles. The second kappa shape index (κ2) is 5.98. The summed E-state index contributed by atoms with van der Waals surface area (Å²) >= 11 is 0. The van der Waals surface area contributed by atoms with Crippen LogP contribution in [0.15, 0.2) is 41.2 Å². The third kappa shape index (κ3) is 2.23. The minimum absolute atomic E-state index is 0.0344. The van der Waals surface area contributed by atoms with Crippen LogP contribution in [0.3, 0.4) is 0 Å². The van der Waals surface area contributed by atoms with E-state index in [0.29, 0.717) is 29.9 Å². The summed E-state index contributed by atoms with van der Waals surface area (Å²) in [7, 11) is 0. The number of carbonyl (C=O) groups is 1. The van der Waals surface area contributed by atoms with Crippen molar-refractivity contribution in [1.82, 2.24) is 14.0 Å². The van der Waals surface area contributed by atoms with E-state index >= 15 is 0 Å². The summed E-state index contributed by atoms with van der Waals surface area (Å²) in [4.78, 5) is 27.6. The topological polar surface area (TPSA) is 91.3 Å². The molecule has 1 amide bonds. The molecule has 7 heteroatoms. The van der Waals surface area contributed by atoms with Crippen molar-refractivity contribution in [3.8, 4) is 17.6 Å². The van der Waals surface area contributed by atoms with Crippen LogP contribution >= 0.6 is 0 Å². The normalized spacial score (nSPS) is 19.7. The molecule has 2 aliphatic rings. The highest BCUT2D eigenvalue weighted by Gasteiger charge is 2.49. The molecule has 7 nitrogen and oxygen atoms in total. The Bertz CT molecular complexity index is 1280. The van der Waals surface area contributed by atoms with Gasteiger partial charge in [-0.1, -0.05) is 38.1 Å². The summed E-state index contributed by atoms with van der Waals surface area (Å²) in [6, 6.07) is 12.5. The van der Waals surface area contributed by atoms with Gasteiger partial charge in [-0.15, -0.1) is 0 Å². The summed E-state index contributed by atoms with van der Waals surface area (Å²) in [5.74, 6) is -0.230. The molecule has 0 unspecified atom stereocenters. The van der Waals surface area contributed by atoms with Crippen LogP contribution in [0.4, 0.5) is 0 Å². The van der Waals surface area contributed by atoms with E-state index in [-0.39, 0.29) is 35.5 Å². The van der Waals surface area contributed by atoms with Gasteiger partial charge >= 0.3 is 5.69 Å². The molecule has 0 aliphatic carbocycles. The van der Waals surface area contributed by atoms with Crippen molar-refractivity contribution in [2.75, 3.05) is 6.54 Å². The minimum Gasteiger partial charge on any atom is -0.493 e. The van der Waals surface area contributed by atoms with E-state index in [1.54, 1.807) is 21.6 Å². The zero-order chi connectivity index (χ0) is 20.4. The maximum Gasteiger partial charge on any atom is 0.336 e. The number of carbonyl (C=O) groups excluding carboxylic acids is 1. The number of fused-ring (bicyclic) bond motifs is 6. The maximum absolute atomic E-state index is 13.3. The maximum atomic E-state index is 13.3. The van der Waals surface area contributed by atoms with Crippen molar-refractivity contribution < 1.29 is 9.90 Å². The van der Waals surface area contributed by atoms with E-state index in [2.05, 4.69) is 6.07 Å². The van der Waals surface area contributed by atoms with Crippen molar-refractivity contribution in [2.24, 2.45) is 5.92 Å². The number of nitrogens with zero attached hydrogens (tertiary/aromatic N) is 4. The van der Waals surface area contributed by atoms with E-state index in [1.807, 2.05) is 38.1 Å². The lowest BCUT2D eigenvalue weighted by atomic mass is 10.0. The zero-order valence-electron chi connectivity index (χ0n) is 16.2. The SMILES string of the molecule is CC(C)C(=O)N1C[C@@H]2C[C@H]1c1c(O)n(-c3ccc(C#N)c4ccccc34)c(=O)n12. The van der Waals surface area contributed by atoms with Crippen LogP contribution in [0.2, 0.25) is 0 Å². The summed E-state index contributed by atoms with van der Waals surface area (Å²) in [6.07, 6.45) is 0.658. The number of hydrogen-bond donors (Lipinski definition) is 1. The van der Waals surface area contributed by atoms with Gasteiger partial charge in [0.15, 0.2) is 0 Å². The van der Waals surface area contributed by atoms with Gasteiger partial charge in [0.25, 0.3) is 0 Å². The van der Waals surface area contributed by atoms with Crippen molar-refractivity contribution >= 4 is 16.7 Å². The largest absolute Gasteiger partial charge is 0.493 e. The number of aromatic nitrogens is 2. The molecule has 146 valence electrons. The molecule has 0 spiro atoms. The highest BCUT2D eigenvalue weighted by atomic mass is 16.3. The van der Waals surface area contributed by atoms with Gasteiger partial charge < -0.3 is 10.0 Å². The van der Waals surface area contributed by atoms with Gasteiger partial charge in [-0.05, 0) is 18.6 Å². The van der Waals surface area contributed by atoms with Crippen LogP contribution in [0.5, 0.6) is 5.88 Å². The fourth-order valence-electron chi connectivity index (χ4n) is 4.81. The standard InChI is InChI=1S/C22H20N4O3/c1-12(2)20(27)24-11-14-9-18(24)19-21(28)26(22(29)25(14)19)17-8-7-13(10-23)15-5-3-4-6-16(15)17/h3-8,12,14,18,28H,9,11H2,1-2H3/t14-,18-/m0/s1. The third-order valence-electron chi connectivity index (χ3n) is 6.10.